The van der Waals surface area contributed by atoms with Gasteiger partial charge in [-0.15, -0.1) is 0 Å². The van der Waals surface area contributed by atoms with Crippen LogP contribution in [0.15, 0.2) is 24.3 Å². The molecule has 6 heteroatoms. The standard InChI is InChI=1S/C39H74N2O4/c1-3-5-7-9-11-13-15-17-19-21-23-25-27-29-31-33-37(42)44-39(35-36(40)41)45-38(43)34-32-30-28-26-24-22-20-18-16-14-12-10-8-6-4-2/h17-20,36,39H,3-16,21-35,40-41H2,1-2H3/b19-17-,20-18-. The lowest BCUT2D eigenvalue weighted by Gasteiger charge is -2.20. The summed E-state index contributed by atoms with van der Waals surface area (Å²) in [6.07, 6.45) is 39.7. The summed E-state index contributed by atoms with van der Waals surface area (Å²) in [5.74, 6) is -0.709. The second kappa shape index (κ2) is 35.2. The summed E-state index contributed by atoms with van der Waals surface area (Å²) in [5.41, 5.74) is 11.4. The highest BCUT2D eigenvalue weighted by atomic mass is 16.7. The van der Waals surface area contributed by atoms with Crippen molar-refractivity contribution in [1.29, 1.82) is 0 Å². The summed E-state index contributed by atoms with van der Waals surface area (Å²) < 4.78 is 10.8. The van der Waals surface area contributed by atoms with Crippen LogP contribution in [0.4, 0.5) is 0 Å². The minimum Gasteiger partial charge on any atom is -0.425 e. The average molecular weight is 635 g/mol. The number of rotatable bonds is 34. The molecule has 264 valence electrons. The first-order valence-electron chi connectivity index (χ1n) is 19.2. The van der Waals surface area contributed by atoms with Crippen molar-refractivity contribution in [3.05, 3.63) is 24.3 Å². The fraction of sp³-hybridized carbons (Fsp3) is 0.846. The average Bonchev–Trinajstić information content (AvgIpc) is 3.00. The van der Waals surface area contributed by atoms with Gasteiger partial charge in [-0.25, -0.2) is 0 Å². The van der Waals surface area contributed by atoms with Crippen LogP contribution in [0.3, 0.4) is 0 Å². The molecule has 0 aromatic heterocycles. The van der Waals surface area contributed by atoms with Crippen molar-refractivity contribution < 1.29 is 19.1 Å². The number of unbranched alkanes of at least 4 members (excludes halogenated alkanes) is 22. The molecule has 0 saturated carbocycles. The molecule has 0 aromatic carbocycles. The summed E-state index contributed by atoms with van der Waals surface area (Å²) in [4.78, 5) is 24.7. The normalized spacial score (nSPS) is 11.9. The van der Waals surface area contributed by atoms with Gasteiger partial charge in [-0.3, -0.25) is 9.59 Å². The van der Waals surface area contributed by atoms with Crippen LogP contribution in [0.2, 0.25) is 0 Å². The molecule has 0 aromatic rings. The van der Waals surface area contributed by atoms with Crippen LogP contribution >= 0.6 is 0 Å². The Kier molecular flexibility index (Phi) is 33.9. The fourth-order valence-electron chi connectivity index (χ4n) is 5.43. The smallest absolute Gasteiger partial charge is 0.308 e. The third kappa shape index (κ3) is 35.0. The van der Waals surface area contributed by atoms with Crippen LogP contribution in [0, 0.1) is 0 Å². The summed E-state index contributed by atoms with van der Waals surface area (Å²) in [6.45, 7) is 4.52. The van der Waals surface area contributed by atoms with Gasteiger partial charge < -0.3 is 20.9 Å². The Morgan fingerprint density at radius 3 is 1.07 bits per heavy atom. The quantitative estimate of drug-likeness (QED) is 0.0316. The molecule has 0 aliphatic carbocycles. The van der Waals surface area contributed by atoms with Crippen molar-refractivity contribution in [3.63, 3.8) is 0 Å². The maximum atomic E-state index is 12.3. The van der Waals surface area contributed by atoms with E-state index in [4.69, 9.17) is 20.9 Å². The molecular formula is C39H74N2O4. The molecule has 0 aliphatic heterocycles. The monoisotopic (exact) mass is 635 g/mol. The molecule has 6 nitrogen and oxygen atoms in total. The maximum absolute atomic E-state index is 12.3. The van der Waals surface area contributed by atoms with Gasteiger partial charge in [0.25, 0.3) is 0 Å². The minimum absolute atomic E-state index is 0.107. The first-order chi connectivity index (χ1) is 22.0. The predicted octanol–water partition coefficient (Wildman–Crippen LogP) is 11.1. The molecule has 0 amide bonds. The summed E-state index contributed by atoms with van der Waals surface area (Å²) >= 11 is 0. The topological polar surface area (TPSA) is 105 Å². The van der Waals surface area contributed by atoms with Crippen LogP contribution in [0.25, 0.3) is 0 Å². The molecule has 0 fully saturated rings. The zero-order valence-corrected chi connectivity index (χ0v) is 29.8. The third-order valence-corrected chi connectivity index (χ3v) is 8.28. The van der Waals surface area contributed by atoms with Gasteiger partial charge in [-0.2, -0.15) is 0 Å². The minimum atomic E-state index is -1.00. The number of hydrogen-bond acceptors (Lipinski definition) is 6. The lowest BCUT2D eigenvalue weighted by atomic mass is 10.1. The zero-order valence-electron chi connectivity index (χ0n) is 29.8. The van der Waals surface area contributed by atoms with E-state index < -0.39 is 12.5 Å². The van der Waals surface area contributed by atoms with Gasteiger partial charge in [0.05, 0.1) is 12.6 Å². The largest absolute Gasteiger partial charge is 0.425 e. The Bertz CT molecular complexity index is 653. The van der Waals surface area contributed by atoms with E-state index in [-0.39, 0.29) is 18.4 Å². The van der Waals surface area contributed by atoms with Gasteiger partial charge in [-0.05, 0) is 64.2 Å². The molecule has 0 atom stereocenters. The molecule has 0 unspecified atom stereocenters. The fourth-order valence-corrected chi connectivity index (χ4v) is 5.43. The Morgan fingerprint density at radius 2 is 0.756 bits per heavy atom. The highest BCUT2D eigenvalue weighted by Gasteiger charge is 2.20. The van der Waals surface area contributed by atoms with Crippen molar-refractivity contribution >= 4 is 11.9 Å². The Balaban J connectivity index is 3.81. The molecule has 0 bridgehead atoms. The van der Waals surface area contributed by atoms with E-state index in [1.807, 2.05) is 0 Å². The van der Waals surface area contributed by atoms with Crippen molar-refractivity contribution in [1.82, 2.24) is 0 Å². The lowest BCUT2D eigenvalue weighted by molar-refractivity contribution is -0.189. The zero-order chi connectivity index (χ0) is 33.1. The van der Waals surface area contributed by atoms with E-state index in [9.17, 15) is 9.59 Å². The van der Waals surface area contributed by atoms with E-state index in [2.05, 4.69) is 38.2 Å². The van der Waals surface area contributed by atoms with Gasteiger partial charge in [0.15, 0.2) is 0 Å². The van der Waals surface area contributed by atoms with E-state index in [0.717, 1.165) is 51.4 Å². The number of ether oxygens (including phenoxy) is 2. The SMILES string of the molecule is CCCCCCCC/C=C\CCCCCCCC(=O)OC(CC(N)N)OC(=O)CCCCCCC/C=C\CCCCCCCC. The maximum Gasteiger partial charge on any atom is 0.308 e. The molecule has 0 spiro atoms. The first kappa shape index (κ1) is 43.3. The second-order valence-corrected chi connectivity index (χ2v) is 13.0. The van der Waals surface area contributed by atoms with Crippen molar-refractivity contribution in [3.8, 4) is 0 Å². The molecule has 0 heterocycles. The van der Waals surface area contributed by atoms with Crippen LogP contribution < -0.4 is 11.5 Å². The van der Waals surface area contributed by atoms with E-state index in [0.29, 0.717) is 12.8 Å². The number of carbonyl (C=O) groups is 2. The van der Waals surface area contributed by atoms with Gasteiger partial charge in [0.2, 0.25) is 6.29 Å². The van der Waals surface area contributed by atoms with Gasteiger partial charge in [0, 0.05) is 12.8 Å². The second-order valence-electron chi connectivity index (χ2n) is 13.0. The van der Waals surface area contributed by atoms with Crippen LogP contribution in [-0.2, 0) is 19.1 Å². The number of carbonyl (C=O) groups excluding carboxylic acids is 2. The highest BCUT2D eigenvalue weighted by Crippen LogP contribution is 2.14. The lowest BCUT2D eigenvalue weighted by Crippen LogP contribution is -2.38. The van der Waals surface area contributed by atoms with Crippen LogP contribution in [0.5, 0.6) is 0 Å². The summed E-state index contributed by atoms with van der Waals surface area (Å²) in [7, 11) is 0. The molecule has 0 saturated heterocycles. The molecular weight excluding hydrogens is 560 g/mol. The summed E-state index contributed by atoms with van der Waals surface area (Å²) in [5, 5.41) is 0. The van der Waals surface area contributed by atoms with Crippen LogP contribution in [-0.4, -0.2) is 24.4 Å². The van der Waals surface area contributed by atoms with Gasteiger partial charge in [-0.1, -0.05) is 141 Å². The number of nitrogens with two attached hydrogens (primary N) is 2. The Labute approximate surface area is 278 Å². The Morgan fingerprint density at radius 1 is 0.467 bits per heavy atom. The van der Waals surface area contributed by atoms with E-state index >= 15 is 0 Å². The molecule has 45 heavy (non-hydrogen) atoms. The van der Waals surface area contributed by atoms with Gasteiger partial charge in [0.1, 0.15) is 0 Å². The van der Waals surface area contributed by atoms with E-state index in [1.165, 1.54) is 116 Å². The van der Waals surface area contributed by atoms with Crippen molar-refractivity contribution in [2.24, 2.45) is 11.5 Å². The summed E-state index contributed by atoms with van der Waals surface area (Å²) in [6, 6.07) is 0. The number of allylic oxidation sites excluding steroid dienone is 4. The molecule has 0 radical (unpaired) electrons. The van der Waals surface area contributed by atoms with E-state index in [1.54, 1.807) is 0 Å². The molecule has 0 aliphatic rings. The van der Waals surface area contributed by atoms with Gasteiger partial charge >= 0.3 is 11.9 Å². The van der Waals surface area contributed by atoms with Crippen molar-refractivity contribution in [2.45, 2.75) is 213 Å². The number of esters is 2. The molecule has 4 N–H and O–H groups in total. The Hall–Kier alpha value is -1.66. The van der Waals surface area contributed by atoms with Crippen LogP contribution in [0.1, 0.15) is 200 Å². The highest BCUT2D eigenvalue weighted by molar-refractivity contribution is 5.71. The number of hydrogen-bond donors (Lipinski definition) is 2. The third-order valence-electron chi connectivity index (χ3n) is 8.28. The predicted molar refractivity (Wildman–Crippen MR) is 192 cm³/mol. The molecule has 0 rings (SSSR count). The van der Waals surface area contributed by atoms with Crippen molar-refractivity contribution in [2.75, 3.05) is 0 Å². The first-order valence-corrected chi connectivity index (χ1v) is 19.2.